The van der Waals surface area contributed by atoms with Gasteiger partial charge in [-0.1, -0.05) is 30.3 Å². The molecule has 2 aliphatic rings. The summed E-state index contributed by atoms with van der Waals surface area (Å²) in [5.41, 5.74) is 9.83. The van der Waals surface area contributed by atoms with Gasteiger partial charge in [-0.2, -0.15) is 0 Å². The van der Waals surface area contributed by atoms with Crippen molar-refractivity contribution in [2.24, 2.45) is 16.4 Å². The second-order valence-corrected chi connectivity index (χ2v) is 8.40. The minimum absolute atomic E-state index is 0.0876. The molecule has 2 heterocycles. The Bertz CT molecular complexity index is 1260. The molecular weight excluding hydrogens is 426 g/mol. The molecule has 2 unspecified atom stereocenters. The summed E-state index contributed by atoms with van der Waals surface area (Å²) in [7, 11) is 1.51. The first-order valence-corrected chi connectivity index (χ1v) is 10.7. The minimum Gasteiger partial charge on any atom is -0.389 e. The number of amides is 1. The fraction of sp³-hybridized carbons (Fsp3) is 0.429. The van der Waals surface area contributed by atoms with Crippen LogP contribution in [0.5, 0.6) is 0 Å². The Morgan fingerprint density at radius 1 is 1.33 bits per heavy atom. The smallest absolute Gasteiger partial charge is 0.229 e. The number of rotatable bonds is 7. The van der Waals surface area contributed by atoms with E-state index in [9.17, 15) is 15.0 Å². The normalized spacial score (nSPS) is 27.6. The first kappa shape index (κ1) is 21.1. The number of anilines is 1. The van der Waals surface area contributed by atoms with Gasteiger partial charge < -0.3 is 25.4 Å². The van der Waals surface area contributed by atoms with Crippen LogP contribution in [0.1, 0.15) is 18.0 Å². The van der Waals surface area contributed by atoms with Crippen LogP contribution in [0.15, 0.2) is 41.8 Å². The largest absolute Gasteiger partial charge is 0.389 e. The lowest BCUT2D eigenvalue weighted by Crippen LogP contribution is -2.41. The molecule has 5 atom stereocenters. The summed E-state index contributed by atoms with van der Waals surface area (Å²) >= 11 is 0. The van der Waals surface area contributed by atoms with Gasteiger partial charge in [-0.15, -0.1) is 0 Å². The summed E-state index contributed by atoms with van der Waals surface area (Å²) in [6.07, 6.45) is 0.331. The van der Waals surface area contributed by atoms with Crippen LogP contribution in [0, 0.1) is 11.3 Å². The molecule has 0 aliphatic heterocycles. The van der Waals surface area contributed by atoms with E-state index in [0.29, 0.717) is 29.9 Å². The van der Waals surface area contributed by atoms with Crippen LogP contribution in [-0.4, -0.2) is 61.4 Å². The number of carbonyl (C=O) groups excluding carboxylic acids is 1. The summed E-state index contributed by atoms with van der Waals surface area (Å²) < 4.78 is 1.64. The number of aliphatic hydroxyl groups is 2. The summed E-state index contributed by atoms with van der Waals surface area (Å²) in [5.74, 6) is -0.250. The van der Waals surface area contributed by atoms with Gasteiger partial charge in [0.2, 0.25) is 11.9 Å². The van der Waals surface area contributed by atoms with E-state index in [2.05, 4.69) is 35.6 Å². The average molecular weight is 449 g/mol. The molecule has 5 rings (SSSR count). The van der Waals surface area contributed by atoms with Crippen LogP contribution in [0.3, 0.4) is 0 Å². The molecule has 2 aromatic heterocycles. The van der Waals surface area contributed by atoms with E-state index in [-0.39, 0.29) is 17.8 Å². The van der Waals surface area contributed by atoms with Crippen molar-refractivity contribution in [3.8, 4) is 0 Å². The van der Waals surface area contributed by atoms with Gasteiger partial charge in [-0.05, 0) is 29.1 Å². The Balaban J connectivity index is 1.49. The summed E-state index contributed by atoms with van der Waals surface area (Å²) in [6, 6.07) is 9.34. The van der Waals surface area contributed by atoms with Gasteiger partial charge in [0.15, 0.2) is 11.5 Å². The number of azide groups is 1. The summed E-state index contributed by atoms with van der Waals surface area (Å²) in [5, 5.41) is 30.8. The Kier molecular flexibility index (Phi) is 5.12. The first-order valence-electron chi connectivity index (χ1n) is 10.7. The lowest BCUT2D eigenvalue weighted by molar-refractivity contribution is -0.132. The highest BCUT2D eigenvalue weighted by molar-refractivity contribution is 5.88. The number of nitrogens with one attached hydrogen (secondary N) is 2. The van der Waals surface area contributed by atoms with Crippen molar-refractivity contribution >= 4 is 28.8 Å². The number of nitrogens with zero attached hydrogens (tertiary/aromatic N) is 7. The highest BCUT2D eigenvalue weighted by Gasteiger charge is 2.75. The van der Waals surface area contributed by atoms with E-state index >= 15 is 0 Å². The van der Waals surface area contributed by atoms with E-state index in [1.54, 1.807) is 4.57 Å². The molecule has 0 saturated heterocycles. The Morgan fingerprint density at radius 3 is 2.85 bits per heavy atom. The fourth-order valence-electron chi connectivity index (χ4n) is 5.09. The third-order valence-electron chi connectivity index (χ3n) is 6.74. The lowest BCUT2D eigenvalue weighted by Gasteiger charge is -2.23. The molecule has 170 valence electrons. The third-order valence-corrected chi connectivity index (χ3v) is 6.74. The van der Waals surface area contributed by atoms with Crippen molar-refractivity contribution in [2.45, 2.75) is 31.1 Å². The predicted octanol–water partition coefficient (Wildman–Crippen LogP) is 1.45. The van der Waals surface area contributed by atoms with Crippen LogP contribution in [0.4, 0.5) is 11.8 Å². The van der Waals surface area contributed by atoms with Crippen LogP contribution in [-0.2, 0) is 11.2 Å². The topological polar surface area (TPSA) is 174 Å². The molecule has 0 spiro atoms. The Morgan fingerprint density at radius 2 is 2.12 bits per heavy atom. The van der Waals surface area contributed by atoms with Gasteiger partial charge in [0.05, 0.1) is 23.9 Å². The van der Waals surface area contributed by atoms with Gasteiger partial charge in [0.25, 0.3) is 0 Å². The standard InChI is InChI=1S/C21H23N9O3/c1-23-19(33)21-9-12(21)14(15(31)16(21)32)30-10-25-13-17(26-20(28-29-22)27-18(13)30)24-8-7-11-5-3-2-4-6-11/h2-6,10,12,14-16,31-32H,7-9H2,1H3,(H,23,33)(H,24,26,27)/t12?,14-,15?,16+,21-/m1/s1. The van der Waals surface area contributed by atoms with Gasteiger partial charge in [0.1, 0.15) is 11.6 Å². The van der Waals surface area contributed by atoms with Crippen molar-refractivity contribution in [1.82, 2.24) is 24.8 Å². The lowest BCUT2D eigenvalue weighted by atomic mass is 9.98. The maximum absolute atomic E-state index is 12.4. The molecule has 1 aromatic carbocycles. The zero-order valence-electron chi connectivity index (χ0n) is 17.8. The Hall–Kier alpha value is -3.73. The minimum atomic E-state index is -1.20. The molecular formula is C21H23N9O3. The third kappa shape index (κ3) is 3.27. The van der Waals surface area contributed by atoms with Crippen LogP contribution < -0.4 is 10.6 Å². The Labute approximate surface area is 188 Å². The number of hydrogen-bond acceptors (Lipinski definition) is 8. The summed E-state index contributed by atoms with van der Waals surface area (Å²) in [6.45, 7) is 0.561. The molecule has 0 radical (unpaired) electrons. The predicted molar refractivity (Wildman–Crippen MR) is 118 cm³/mol. The fourth-order valence-corrected chi connectivity index (χ4v) is 5.09. The molecule has 3 aromatic rings. The number of fused-ring (bicyclic) bond motifs is 2. The van der Waals surface area contributed by atoms with Gasteiger partial charge in [-0.25, -0.2) is 15.0 Å². The van der Waals surface area contributed by atoms with Crippen LogP contribution in [0.2, 0.25) is 0 Å². The number of hydrogen-bond donors (Lipinski definition) is 4. The summed E-state index contributed by atoms with van der Waals surface area (Å²) in [4.78, 5) is 28.3. The first-order chi connectivity index (χ1) is 16.0. The zero-order valence-corrected chi connectivity index (χ0v) is 17.8. The molecule has 2 fully saturated rings. The molecule has 2 aliphatic carbocycles. The monoisotopic (exact) mass is 449 g/mol. The van der Waals surface area contributed by atoms with Crippen molar-refractivity contribution in [3.63, 3.8) is 0 Å². The van der Waals surface area contributed by atoms with Gasteiger partial charge in [0, 0.05) is 24.4 Å². The zero-order chi connectivity index (χ0) is 23.2. The van der Waals surface area contributed by atoms with Gasteiger partial charge >= 0.3 is 0 Å². The SMILES string of the molecule is CNC(=O)[C@]12CC1[C@@H](n1cnc3c(NCCc4ccccc4)nc(N=[N+]=[N-])nc31)C(O)[C@@H]2O. The van der Waals surface area contributed by atoms with E-state index < -0.39 is 23.7 Å². The highest BCUT2D eigenvalue weighted by Crippen LogP contribution is 2.67. The van der Waals surface area contributed by atoms with E-state index in [4.69, 9.17) is 5.53 Å². The maximum atomic E-state index is 12.4. The van der Waals surface area contributed by atoms with E-state index in [1.165, 1.54) is 13.4 Å². The second kappa shape index (κ2) is 8.00. The number of carbonyl (C=O) groups is 1. The molecule has 4 N–H and O–H groups in total. The van der Waals surface area contributed by atoms with Crippen molar-refractivity contribution < 1.29 is 15.0 Å². The van der Waals surface area contributed by atoms with Crippen molar-refractivity contribution in [3.05, 3.63) is 52.7 Å². The van der Waals surface area contributed by atoms with E-state index in [1.807, 2.05) is 30.3 Å². The molecule has 1 amide bonds. The number of aromatic nitrogens is 4. The quantitative estimate of drug-likeness (QED) is 0.240. The second-order valence-electron chi connectivity index (χ2n) is 8.40. The number of aliphatic hydroxyl groups excluding tert-OH is 2. The molecule has 12 nitrogen and oxygen atoms in total. The average Bonchev–Trinajstić information content (AvgIpc) is 3.36. The number of imidazole rings is 1. The highest BCUT2D eigenvalue weighted by atomic mass is 16.3. The van der Waals surface area contributed by atoms with Crippen LogP contribution in [0.25, 0.3) is 21.6 Å². The molecule has 0 bridgehead atoms. The van der Waals surface area contributed by atoms with E-state index in [0.717, 1.165) is 12.0 Å². The van der Waals surface area contributed by atoms with Crippen molar-refractivity contribution in [1.29, 1.82) is 0 Å². The maximum Gasteiger partial charge on any atom is 0.229 e. The molecule has 2 saturated carbocycles. The number of benzene rings is 1. The van der Waals surface area contributed by atoms with Crippen LogP contribution >= 0.6 is 0 Å². The van der Waals surface area contributed by atoms with Gasteiger partial charge in [-0.3, -0.25) is 4.79 Å². The molecule has 12 heteroatoms. The van der Waals surface area contributed by atoms with Crippen molar-refractivity contribution in [2.75, 3.05) is 18.9 Å². The molecule has 33 heavy (non-hydrogen) atoms.